The van der Waals surface area contributed by atoms with Gasteiger partial charge in [-0.1, -0.05) is 17.7 Å². The zero-order chi connectivity index (χ0) is 12.3. The molecule has 0 fully saturated rings. The van der Waals surface area contributed by atoms with Crippen LogP contribution in [0.5, 0.6) is 0 Å². The quantitative estimate of drug-likeness (QED) is 0.888. The zero-order valence-corrected chi connectivity index (χ0v) is 9.90. The van der Waals surface area contributed by atoms with Crippen LogP contribution in [-0.4, -0.2) is 15.9 Å². The predicted molar refractivity (Wildman–Crippen MR) is 66.2 cm³/mol. The molecule has 2 heterocycles. The highest BCUT2D eigenvalue weighted by Crippen LogP contribution is 2.10. The van der Waals surface area contributed by atoms with E-state index in [4.69, 9.17) is 11.6 Å². The number of aryl methyl sites for hydroxylation is 1. The van der Waals surface area contributed by atoms with E-state index in [1.165, 1.54) is 12.3 Å². The van der Waals surface area contributed by atoms with E-state index in [1.54, 1.807) is 18.3 Å². The molecule has 0 aliphatic carbocycles. The van der Waals surface area contributed by atoms with Gasteiger partial charge in [0.2, 0.25) is 0 Å². The summed E-state index contributed by atoms with van der Waals surface area (Å²) in [5.41, 5.74) is 1.30. The van der Waals surface area contributed by atoms with Crippen molar-refractivity contribution in [2.45, 2.75) is 6.92 Å². The van der Waals surface area contributed by atoms with Crippen LogP contribution in [0.15, 0.2) is 36.7 Å². The fraction of sp³-hybridized carbons (Fsp3) is 0.0833. The van der Waals surface area contributed by atoms with Crippen molar-refractivity contribution in [3.05, 3.63) is 52.9 Å². The summed E-state index contributed by atoms with van der Waals surface area (Å²) in [7, 11) is 0. The Morgan fingerprint density at radius 2 is 2.12 bits per heavy atom. The predicted octanol–water partition coefficient (Wildman–Crippen LogP) is 2.69. The first-order valence-electron chi connectivity index (χ1n) is 5.01. The summed E-state index contributed by atoms with van der Waals surface area (Å²) >= 11 is 5.78. The number of nitrogens with one attached hydrogen (secondary N) is 1. The summed E-state index contributed by atoms with van der Waals surface area (Å²) in [6, 6.07) is 6.72. The monoisotopic (exact) mass is 247 g/mol. The summed E-state index contributed by atoms with van der Waals surface area (Å²) in [5.74, 6) is 0.159. The van der Waals surface area contributed by atoms with Gasteiger partial charge in [0.05, 0.1) is 0 Å². The Labute approximate surface area is 104 Å². The first-order chi connectivity index (χ1) is 8.15. The van der Waals surface area contributed by atoms with Crippen LogP contribution in [0.4, 0.5) is 5.82 Å². The number of hydrogen-bond donors (Lipinski definition) is 1. The number of hydrogen-bond acceptors (Lipinski definition) is 3. The number of rotatable bonds is 2. The van der Waals surface area contributed by atoms with Gasteiger partial charge in [0.15, 0.2) is 0 Å². The van der Waals surface area contributed by atoms with Crippen LogP contribution in [-0.2, 0) is 0 Å². The molecule has 2 rings (SSSR count). The average Bonchev–Trinajstić information content (AvgIpc) is 2.32. The molecule has 0 bridgehead atoms. The maximum absolute atomic E-state index is 11.8. The average molecular weight is 248 g/mol. The van der Waals surface area contributed by atoms with E-state index < -0.39 is 0 Å². The number of anilines is 1. The smallest absolute Gasteiger partial charge is 0.275 e. The highest BCUT2D eigenvalue weighted by Gasteiger charge is 2.08. The lowest BCUT2D eigenvalue weighted by molar-refractivity contribution is 0.102. The first-order valence-corrected chi connectivity index (χ1v) is 5.38. The Balaban J connectivity index is 2.14. The molecular formula is C12H10ClN3O. The van der Waals surface area contributed by atoms with Crippen LogP contribution >= 0.6 is 11.6 Å². The topological polar surface area (TPSA) is 54.9 Å². The Bertz CT molecular complexity index is 540. The first kappa shape index (κ1) is 11.5. The van der Waals surface area contributed by atoms with Crippen molar-refractivity contribution in [2.24, 2.45) is 0 Å². The molecule has 0 spiro atoms. The molecule has 86 valence electrons. The van der Waals surface area contributed by atoms with E-state index in [9.17, 15) is 4.79 Å². The van der Waals surface area contributed by atoms with Crippen LogP contribution in [0.3, 0.4) is 0 Å². The molecule has 0 atom stereocenters. The Morgan fingerprint density at radius 3 is 2.76 bits per heavy atom. The van der Waals surface area contributed by atoms with Gasteiger partial charge in [-0.05, 0) is 30.7 Å². The number of halogens is 1. The standard InChI is InChI=1S/C12H10ClN3O/c1-8-2-3-11(15-7-8)16-12(17)10-6-9(13)4-5-14-10/h2-7H,1H3,(H,15,16,17). The summed E-state index contributed by atoms with van der Waals surface area (Å²) < 4.78 is 0. The lowest BCUT2D eigenvalue weighted by Gasteiger charge is -2.03. The van der Waals surface area contributed by atoms with Crippen molar-refractivity contribution >= 4 is 23.3 Å². The molecule has 0 aliphatic heterocycles. The lowest BCUT2D eigenvalue weighted by Crippen LogP contribution is -2.14. The van der Waals surface area contributed by atoms with Crippen LogP contribution in [0.2, 0.25) is 5.02 Å². The van der Waals surface area contributed by atoms with E-state index >= 15 is 0 Å². The molecule has 2 aromatic rings. The van der Waals surface area contributed by atoms with Crippen molar-refractivity contribution in [2.75, 3.05) is 5.32 Å². The van der Waals surface area contributed by atoms with Gasteiger partial charge in [0.25, 0.3) is 5.91 Å². The zero-order valence-electron chi connectivity index (χ0n) is 9.14. The van der Waals surface area contributed by atoms with Crippen LogP contribution in [0.1, 0.15) is 16.1 Å². The molecule has 4 nitrogen and oxygen atoms in total. The normalized spacial score (nSPS) is 10.0. The molecule has 0 radical (unpaired) electrons. The molecule has 1 amide bonds. The molecule has 0 saturated carbocycles. The van der Waals surface area contributed by atoms with E-state index in [0.29, 0.717) is 10.8 Å². The molecule has 17 heavy (non-hydrogen) atoms. The van der Waals surface area contributed by atoms with Crippen molar-refractivity contribution in [3.63, 3.8) is 0 Å². The Morgan fingerprint density at radius 1 is 1.29 bits per heavy atom. The molecule has 0 unspecified atom stereocenters. The maximum Gasteiger partial charge on any atom is 0.275 e. The third-order valence-electron chi connectivity index (χ3n) is 2.11. The van der Waals surface area contributed by atoms with Crippen molar-refractivity contribution in [1.29, 1.82) is 0 Å². The molecule has 0 aromatic carbocycles. The molecule has 0 aliphatic rings. The molecule has 5 heteroatoms. The van der Waals surface area contributed by atoms with Gasteiger partial charge < -0.3 is 5.32 Å². The number of amides is 1. The molecule has 1 N–H and O–H groups in total. The van der Waals surface area contributed by atoms with Gasteiger partial charge in [0, 0.05) is 17.4 Å². The van der Waals surface area contributed by atoms with Crippen LogP contribution in [0.25, 0.3) is 0 Å². The van der Waals surface area contributed by atoms with E-state index in [2.05, 4.69) is 15.3 Å². The Hall–Kier alpha value is -1.94. The highest BCUT2D eigenvalue weighted by atomic mass is 35.5. The third kappa shape index (κ3) is 3.01. The van der Waals surface area contributed by atoms with E-state index in [0.717, 1.165) is 5.56 Å². The largest absolute Gasteiger partial charge is 0.305 e. The van der Waals surface area contributed by atoms with Gasteiger partial charge in [-0.15, -0.1) is 0 Å². The second kappa shape index (κ2) is 4.93. The second-order valence-corrected chi connectivity index (χ2v) is 3.97. The summed E-state index contributed by atoms with van der Waals surface area (Å²) in [6.45, 7) is 1.93. The number of nitrogens with zero attached hydrogens (tertiary/aromatic N) is 2. The minimum Gasteiger partial charge on any atom is -0.305 e. The summed E-state index contributed by atoms with van der Waals surface area (Å²) in [6.07, 6.45) is 3.17. The van der Waals surface area contributed by atoms with Crippen molar-refractivity contribution in [3.8, 4) is 0 Å². The van der Waals surface area contributed by atoms with Gasteiger partial charge >= 0.3 is 0 Å². The van der Waals surface area contributed by atoms with Gasteiger partial charge in [0.1, 0.15) is 11.5 Å². The van der Waals surface area contributed by atoms with Crippen molar-refractivity contribution in [1.82, 2.24) is 9.97 Å². The van der Waals surface area contributed by atoms with E-state index in [-0.39, 0.29) is 11.6 Å². The van der Waals surface area contributed by atoms with Crippen LogP contribution in [0, 0.1) is 6.92 Å². The third-order valence-corrected chi connectivity index (χ3v) is 2.34. The number of carbonyl (C=O) groups is 1. The summed E-state index contributed by atoms with van der Waals surface area (Å²) in [4.78, 5) is 19.8. The van der Waals surface area contributed by atoms with Gasteiger partial charge in [-0.25, -0.2) is 4.98 Å². The SMILES string of the molecule is Cc1ccc(NC(=O)c2cc(Cl)ccn2)nc1. The molecule has 0 saturated heterocycles. The van der Waals surface area contributed by atoms with Crippen molar-refractivity contribution < 1.29 is 4.79 Å². The minimum absolute atomic E-state index is 0.264. The molecule has 2 aromatic heterocycles. The summed E-state index contributed by atoms with van der Waals surface area (Å²) in [5, 5.41) is 3.12. The number of pyridine rings is 2. The minimum atomic E-state index is -0.330. The highest BCUT2D eigenvalue weighted by molar-refractivity contribution is 6.30. The fourth-order valence-corrected chi connectivity index (χ4v) is 1.41. The van der Waals surface area contributed by atoms with Gasteiger partial charge in [-0.3, -0.25) is 9.78 Å². The second-order valence-electron chi connectivity index (χ2n) is 3.53. The fourth-order valence-electron chi connectivity index (χ4n) is 1.25. The van der Waals surface area contributed by atoms with Gasteiger partial charge in [-0.2, -0.15) is 0 Å². The number of aromatic nitrogens is 2. The lowest BCUT2D eigenvalue weighted by atomic mass is 10.3. The Kier molecular flexibility index (Phi) is 3.35. The van der Waals surface area contributed by atoms with Crippen LogP contribution < -0.4 is 5.32 Å². The number of carbonyl (C=O) groups excluding carboxylic acids is 1. The van der Waals surface area contributed by atoms with E-state index in [1.807, 2.05) is 13.0 Å². The molecular weight excluding hydrogens is 238 g/mol. The maximum atomic E-state index is 11.8.